The van der Waals surface area contributed by atoms with Crippen molar-refractivity contribution in [3.63, 3.8) is 0 Å². The lowest BCUT2D eigenvalue weighted by Gasteiger charge is -2.23. The molecule has 1 aliphatic rings. The van der Waals surface area contributed by atoms with Gasteiger partial charge in [0.2, 0.25) is 10.9 Å². The molecule has 9 heteroatoms. The molecule has 7 nitrogen and oxygen atoms in total. The highest BCUT2D eigenvalue weighted by molar-refractivity contribution is 7.15. The van der Waals surface area contributed by atoms with E-state index >= 15 is 0 Å². The molecular formula is C22H14ClN3O4S. The molecule has 0 saturated heterocycles. The number of hydrogen-bond acceptors (Lipinski definition) is 7. The molecule has 2 aromatic heterocycles. The van der Waals surface area contributed by atoms with Crippen molar-refractivity contribution in [2.24, 2.45) is 0 Å². The zero-order chi connectivity index (χ0) is 21.7. The number of hydrogen-bond donors (Lipinski definition) is 1. The molecule has 4 aromatic rings. The molecule has 0 unspecified atom stereocenters. The second-order valence-corrected chi connectivity index (χ2v) is 8.57. The van der Waals surface area contributed by atoms with Crippen molar-refractivity contribution in [3.05, 3.63) is 87.3 Å². The SMILES string of the molecule is Cc1nnc(N2C(=O)C(O)=C(C(=O)c3cc4ccccc4o3)[C@@H]2c2ccc(Cl)cc2)s1. The first-order chi connectivity index (χ1) is 14.9. The zero-order valence-electron chi connectivity index (χ0n) is 16.1. The number of rotatable bonds is 4. The predicted octanol–water partition coefficient (Wildman–Crippen LogP) is 5.03. The van der Waals surface area contributed by atoms with Gasteiger partial charge in [-0.3, -0.25) is 14.5 Å². The van der Waals surface area contributed by atoms with Crippen LogP contribution in [0.1, 0.15) is 27.2 Å². The molecule has 1 aliphatic heterocycles. The van der Waals surface area contributed by atoms with Crippen LogP contribution in [0.3, 0.4) is 0 Å². The minimum Gasteiger partial charge on any atom is -0.503 e. The first kappa shape index (κ1) is 19.5. The molecule has 1 atom stereocenters. The van der Waals surface area contributed by atoms with E-state index in [2.05, 4.69) is 10.2 Å². The van der Waals surface area contributed by atoms with Crippen molar-refractivity contribution < 1.29 is 19.1 Å². The third-order valence-electron chi connectivity index (χ3n) is 5.01. The first-order valence-corrected chi connectivity index (χ1v) is 10.5. The molecular weight excluding hydrogens is 438 g/mol. The third-order valence-corrected chi connectivity index (χ3v) is 6.10. The maximum atomic E-state index is 13.5. The van der Waals surface area contributed by atoms with Gasteiger partial charge in [0.15, 0.2) is 11.5 Å². The van der Waals surface area contributed by atoms with E-state index in [0.29, 0.717) is 21.2 Å². The van der Waals surface area contributed by atoms with E-state index in [1.54, 1.807) is 49.4 Å². The summed E-state index contributed by atoms with van der Waals surface area (Å²) in [5.41, 5.74) is 1.04. The number of furan rings is 1. The quantitative estimate of drug-likeness (QED) is 0.437. The fourth-order valence-electron chi connectivity index (χ4n) is 3.60. The van der Waals surface area contributed by atoms with Crippen molar-refractivity contribution in [1.82, 2.24) is 10.2 Å². The molecule has 1 N–H and O–H groups in total. The Hall–Kier alpha value is -3.49. The zero-order valence-corrected chi connectivity index (χ0v) is 17.6. The van der Waals surface area contributed by atoms with Crippen molar-refractivity contribution in [2.75, 3.05) is 4.90 Å². The van der Waals surface area contributed by atoms with Gasteiger partial charge in [0, 0.05) is 10.4 Å². The van der Waals surface area contributed by atoms with Gasteiger partial charge < -0.3 is 9.52 Å². The summed E-state index contributed by atoms with van der Waals surface area (Å²) in [4.78, 5) is 27.8. The lowest BCUT2D eigenvalue weighted by Crippen LogP contribution is -2.31. The average molecular weight is 452 g/mol. The Balaban J connectivity index is 1.66. The number of aliphatic hydroxyl groups excluding tert-OH is 1. The van der Waals surface area contributed by atoms with Gasteiger partial charge in [-0.15, -0.1) is 10.2 Å². The third kappa shape index (κ3) is 3.20. The highest BCUT2D eigenvalue weighted by Crippen LogP contribution is 2.43. The lowest BCUT2D eigenvalue weighted by molar-refractivity contribution is -0.117. The van der Waals surface area contributed by atoms with Gasteiger partial charge in [0.1, 0.15) is 10.6 Å². The fraction of sp³-hybridized carbons (Fsp3) is 0.0909. The molecule has 0 spiro atoms. The summed E-state index contributed by atoms with van der Waals surface area (Å²) in [5, 5.41) is 20.9. The van der Waals surface area contributed by atoms with Gasteiger partial charge in [-0.1, -0.05) is 53.3 Å². The number of fused-ring (bicyclic) bond motifs is 1. The minimum absolute atomic E-state index is 0.0322. The Morgan fingerprint density at radius 3 is 2.58 bits per heavy atom. The summed E-state index contributed by atoms with van der Waals surface area (Å²) in [6.07, 6.45) is 0. The number of nitrogens with zero attached hydrogens (tertiary/aromatic N) is 3. The number of aromatic nitrogens is 2. The Morgan fingerprint density at radius 1 is 1.16 bits per heavy atom. The van der Waals surface area contributed by atoms with Crippen molar-refractivity contribution in [3.8, 4) is 0 Å². The molecule has 5 rings (SSSR count). The smallest absolute Gasteiger partial charge is 0.296 e. The van der Waals surface area contributed by atoms with Crippen LogP contribution in [0.2, 0.25) is 5.02 Å². The molecule has 2 aromatic carbocycles. The fourth-order valence-corrected chi connectivity index (χ4v) is 4.45. The van der Waals surface area contributed by atoms with E-state index < -0.39 is 23.5 Å². The molecule has 0 saturated carbocycles. The van der Waals surface area contributed by atoms with Crippen LogP contribution in [0.4, 0.5) is 5.13 Å². The normalized spacial score (nSPS) is 16.5. The topological polar surface area (TPSA) is 96.5 Å². The van der Waals surface area contributed by atoms with Gasteiger partial charge in [-0.25, -0.2) is 0 Å². The number of halogens is 1. The monoisotopic (exact) mass is 451 g/mol. The minimum atomic E-state index is -0.905. The molecule has 0 radical (unpaired) electrons. The van der Waals surface area contributed by atoms with E-state index in [9.17, 15) is 14.7 Å². The number of para-hydroxylation sites is 1. The second kappa shape index (κ2) is 7.33. The van der Waals surface area contributed by atoms with Gasteiger partial charge in [-0.2, -0.15) is 0 Å². The first-order valence-electron chi connectivity index (χ1n) is 9.29. The van der Waals surface area contributed by atoms with E-state index in [1.807, 2.05) is 12.1 Å². The molecule has 31 heavy (non-hydrogen) atoms. The Labute approximate surface area is 185 Å². The molecule has 154 valence electrons. The molecule has 0 bridgehead atoms. The van der Waals surface area contributed by atoms with Gasteiger partial charge in [-0.05, 0) is 36.8 Å². The number of Topliss-reactive ketones (excluding diaryl/α,β-unsaturated/α-hetero) is 1. The molecule has 3 heterocycles. The average Bonchev–Trinajstić information content (AvgIpc) is 3.45. The number of anilines is 1. The van der Waals surface area contributed by atoms with Gasteiger partial charge in [0.05, 0.1) is 11.6 Å². The van der Waals surface area contributed by atoms with Crippen LogP contribution in [0, 0.1) is 6.92 Å². The summed E-state index contributed by atoms with van der Waals surface area (Å²) in [6, 6.07) is 14.6. The maximum absolute atomic E-state index is 13.5. The standard InChI is InChI=1S/C22H14ClN3O4S/c1-11-24-25-22(31-11)26-18(12-6-8-14(23)9-7-12)17(20(28)21(26)29)19(27)16-10-13-4-2-3-5-15(13)30-16/h2-10,18,28H,1H3/t18-/m0/s1. The second-order valence-electron chi connectivity index (χ2n) is 6.97. The summed E-state index contributed by atoms with van der Waals surface area (Å²) in [6.45, 7) is 1.76. The molecule has 0 aliphatic carbocycles. The van der Waals surface area contributed by atoms with E-state index in [0.717, 1.165) is 5.39 Å². The van der Waals surface area contributed by atoms with Crippen LogP contribution in [-0.2, 0) is 4.79 Å². The van der Waals surface area contributed by atoms with E-state index in [4.69, 9.17) is 16.0 Å². The van der Waals surface area contributed by atoms with Crippen LogP contribution in [0.5, 0.6) is 0 Å². The molecule has 0 fully saturated rings. The number of amides is 1. The maximum Gasteiger partial charge on any atom is 0.296 e. The number of ketones is 1. The largest absolute Gasteiger partial charge is 0.503 e. The number of benzene rings is 2. The van der Waals surface area contributed by atoms with Crippen LogP contribution < -0.4 is 4.90 Å². The summed E-state index contributed by atoms with van der Waals surface area (Å²) >= 11 is 7.22. The summed E-state index contributed by atoms with van der Waals surface area (Å²) in [7, 11) is 0. The van der Waals surface area contributed by atoms with Crippen molar-refractivity contribution >= 4 is 50.7 Å². The van der Waals surface area contributed by atoms with Crippen molar-refractivity contribution in [2.45, 2.75) is 13.0 Å². The molecule has 1 amide bonds. The Bertz CT molecular complexity index is 1340. The highest BCUT2D eigenvalue weighted by atomic mass is 35.5. The predicted molar refractivity (Wildman–Crippen MR) is 117 cm³/mol. The number of aliphatic hydroxyl groups is 1. The Kier molecular flexibility index (Phi) is 4.60. The number of carbonyl (C=O) groups is 2. The number of carbonyl (C=O) groups excluding carboxylic acids is 2. The van der Waals surface area contributed by atoms with Crippen LogP contribution in [0.15, 0.2) is 70.3 Å². The van der Waals surface area contributed by atoms with E-state index in [1.165, 1.54) is 16.2 Å². The van der Waals surface area contributed by atoms with Crippen molar-refractivity contribution in [1.29, 1.82) is 0 Å². The van der Waals surface area contributed by atoms with Gasteiger partial charge >= 0.3 is 0 Å². The summed E-state index contributed by atoms with van der Waals surface area (Å²) < 4.78 is 5.70. The lowest BCUT2D eigenvalue weighted by atomic mass is 9.95. The van der Waals surface area contributed by atoms with Crippen LogP contribution in [0.25, 0.3) is 11.0 Å². The Morgan fingerprint density at radius 2 is 1.90 bits per heavy atom. The summed E-state index contributed by atoms with van der Waals surface area (Å²) in [5.74, 6) is -1.91. The van der Waals surface area contributed by atoms with Crippen LogP contribution in [-0.4, -0.2) is 27.0 Å². The van der Waals surface area contributed by atoms with Gasteiger partial charge in [0.25, 0.3) is 5.91 Å². The van der Waals surface area contributed by atoms with E-state index in [-0.39, 0.29) is 16.5 Å². The highest BCUT2D eigenvalue weighted by Gasteiger charge is 2.46. The number of aryl methyl sites for hydroxylation is 1. The van der Waals surface area contributed by atoms with Crippen LogP contribution >= 0.6 is 22.9 Å².